The van der Waals surface area contributed by atoms with Gasteiger partial charge in [-0.05, 0) is 36.4 Å². The highest BCUT2D eigenvalue weighted by atomic mass is 16.5. The molecule has 0 aliphatic heterocycles. The van der Waals surface area contributed by atoms with Crippen LogP contribution in [0.25, 0.3) is 22.4 Å². The fraction of sp³-hybridized carbons (Fsp3) is 0.179. The summed E-state index contributed by atoms with van der Waals surface area (Å²) in [5.74, 6) is 0.943. The van der Waals surface area contributed by atoms with Gasteiger partial charge in [0.1, 0.15) is 18.2 Å². The van der Waals surface area contributed by atoms with Crippen LogP contribution in [0.1, 0.15) is 0 Å². The number of nitrogens with zero attached hydrogens (tertiary/aromatic N) is 4. The second-order valence-electron chi connectivity index (χ2n) is 7.57. The van der Waals surface area contributed by atoms with Crippen molar-refractivity contribution < 1.29 is 23.9 Å². The van der Waals surface area contributed by atoms with Crippen LogP contribution in [0.15, 0.2) is 85.2 Å². The molecule has 12 heteroatoms. The number of carbonyl (C=O) groups is 3. The topological polar surface area (TPSA) is 167 Å². The van der Waals surface area contributed by atoms with Gasteiger partial charge in [-0.25, -0.2) is 4.98 Å². The number of imidazole rings is 1. The van der Waals surface area contributed by atoms with Crippen LogP contribution >= 0.6 is 0 Å². The summed E-state index contributed by atoms with van der Waals surface area (Å²) in [7, 11) is 4.84. The highest BCUT2D eigenvalue weighted by Crippen LogP contribution is 2.27. The number of primary amides is 1. The third kappa shape index (κ3) is 9.58. The number of hydrogen-bond acceptors (Lipinski definition) is 8. The molecular weight excluding hydrogens is 514 g/mol. The van der Waals surface area contributed by atoms with Crippen molar-refractivity contribution in [2.24, 2.45) is 16.5 Å². The van der Waals surface area contributed by atoms with Gasteiger partial charge in [-0.1, -0.05) is 18.7 Å². The molecule has 3 rings (SSSR count). The molecule has 0 unspecified atom stereocenters. The standard InChI is InChI=1S/C23H24N6O3.C4H8O.CH3NO/c1-4-13-32-18-9-10-20-19(14-18)27-21(29(20)15-30)16-5-7-17(8-6-16)26-23(31)22(25-2)28(3)12-11-24;1-3-4-5-2;2-1-3/h4-12,14-15H,1,13,24H2,2-3H3,(H,26,31);3H,1,4H2,2H3;1H,(H2,2,3)/b12-11+,25-22?;;. The van der Waals surface area contributed by atoms with Gasteiger partial charge in [0.2, 0.25) is 12.8 Å². The van der Waals surface area contributed by atoms with Gasteiger partial charge < -0.3 is 31.2 Å². The van der Waals surface area contributed by atoms with Crippen LogP contribution in [0.2, 0.25) is 0 Å². The molecule has 12 nitrogen and oxygen atoms in total. The maximum atomic E-state index is 12.5. The van der Waals surface area contributed by atoms with E-state index in [0.29, 0.717) is 47.1 Å². The Morgan fingerprint density at radius 2 is 1.77 bits per heavy atom. The summed E-state index contributed by atoms with van der Waals surface area (Å²) in [5, 5.41) is 2.79. The van der Waals surface area contributed by atoms with E-state index in [1.54, 1.807) is 68.8 Å². The largest absolute Gasteiger partial charge is 0.489 e. The maximum absolute atomic E-state index is 12.5. The fourth-order valence-electron chi connectivity index (χ4n) is 3.26. The molecule has 0 saturated carbocycles. The Morgan fingerprint density at radius 1 is 1.12 bits per heavy atom. The number of amidine groups is 1. The lowest BCUT2D eigenvalue weighted by Gasteiger charge is -2.15. The molecular formula is C28H35N7O5. The molecule has 1 heterocycles. The number of anilines is 1. The van der Waals surface area contributed by atoms with E-state index in [0.717, 1.165) is 6.41 Å². The van der Waals surface area contributed by atoms with Gasteiger partial charge in [0.05, 0.1) is 17.6 Å². The first-order valence-electron chi connectivity index (χ1n) is 11.8. The van der Waals surface area contributed by atoms with Crippen molar-refractivity contribution in [3.05, 3.63) is 80.2 Å². The average Bonchev–Trinajstić information content (AvgIpc) is 3.32. The molecule has 40 heavy (non-hydrogen) atoms. The Balaban J connectivity index is 0.000000884. The first kappa shape index (κ1) is 32.8. The number of nitrogens with one attached hydrogen (secondary N) is 1. The van der Waals surface area contributed by atoms with Crippen molar-refractivity contribution in [1.29, 1.82) is 0 Å². The van der Waals surface area contributed by atoms with Crippen molar-refractivity contribution in [3.63, 3.8) is 0 Å². The molecule has 1 aromatic heterocycles. The van der Waals surface area contributed by atoms with Crippen molar-refractivity contribution in [2.75, 3.05) is 39.7 Å². The predicted octanol–water partition coefficient (Wildman–Crippen LogP) is 2.56. The molecule has 0 radical (unpaired) electrons. The number of fused-ring (bicyclic) bond motifs is 1. The lowest BCUT2D eigenvalue weighted by molar-refractivity contribution is -0.111. The SMILES string of the molecule is C=CCOC.C=CCOc1ccc2c(c1)nc(-c1ccc(NC(=O)C(=NC)N(C)/C=C/N)cc1)n2C=O.NC=O. The van der Waals surface area contributed by atoms with E-state index in [2.05, 4.69) is 38.9 Å². The van der Waals surface area contributed by atoms with Gasteiger partial charge in [0, 0.05) is 50.9 Å². The number of nitrogens with two attached hydrogens (primary N) is 2. The van der Waals surface area contributed by atoms with Crippen LogP contribution in [0, 0.1) is 0 Å². The number of methoxy groups -OCH3 is 1. The van der Waals surface area contributed by atoms with E-state index >= 15 is 0 Å². The maximum Gasteiger partial charge on any atom is 0.291 e. The molecule has 0 bridgehead atoms. The monoisotopic (exact) mass is 549 g/mol. The Bertz CT molecular complexity index is 1330. The van der Waals surface area contributed by atoms with Crippen molar-refractivity contribution >= 4 is 41.3 Å². The molecule has 0 atom stereocenters. The zero-order valence-electron chi connectivity index (χ0n) is 22.8. The van der Waals surface area contributed by atoms with E-state index in [9.17, 15) is 9.59 Å². The van der Waals surface area contributed by atoms with Crippen LogP contribution in [-0.2, 0) is 19.1 Å². The summed E-state index contributed by atoms with van der Waals surface area (Å²) in [6.07, 6.45) is 7.18. The van der Waals surface area contributed by atoms with E-state index in [-0.39, 0.29) is 18.2 Å². The first-order chi connectivity index (χ1) is 19.3. The van der Waals surface area contributed by atoms with E-state index in [1.165, 1.54) is 28.9 Å². The summed E-state index contributed by atoms with van der Waals surface area (Å²) in [5.41, 5.74) is 12.1. The van der Waals surface area contributed by atoms with Gasteiger partial charge in [0.25, 0.3) is 5.91 Å². The molecule has 5 N–H and O–H groups in total. The van der Waals surface area contributed by atoms with Gasteiger partial charge in [0.15, 0.2) is 5.84 Å². The second kappa shape index (κ2) is 18.1. The van der Waals surface area contributed by atoms with Gasteiger partial charge in [-0.2, -0.15) is 0 Å². The van der Waals surface area contributed by atoms with Crippen LogP contribution in [0.4, 0.5) is 5.69 Å². The number of amides is 2. The van der Waals surface area contributed by atoms with Crippen molar-refractivity contribution in [1.82, 2.24) is 14.5 Å². The number of aliphatic imine (C=N–C) groups is 1. The molecule has 212 valence electrons. The van der Waals surface area contributed by atoms with E-state index in [4.69, 9.17) is 15.3 Å². The molecule has 3 aromatic rings. The number of carbonyl (C=O) groups excluding carboxylic acids is 3. The van der Waals surface area contributed by atoms with E-state index in [1.807, 2.05) is 0 Å². The molecule has 0 spiro atoms. The molecule has 0 aliphatic carbocycles. The van der Waals surface area contributed by atoms with Crippen LogP contribution < -0.4 is 21.5 Å². The number of benzene rings is 2. The molecule has 2 amide bonds. The predicted molar refractivity (Wildman–Crippen MR) is 158 cm³/mol. The van der Waals surface area contributed by atoms with Crippen LogP contribution in [0.3, 0.4) is 0 Å². The van der Waals surface area contributed by atoms with Crippen molar-refractivity contribution in [3.8, 4) is 17.1 Å². The summed E-state index contributed by atoms with van der Waals surface area (Å²) in [4.78, 5) is 42.9. The quantitative estimate of drug-likeness (QED) is 0.158. The molecule has 0 aliphatic rings. The minimum Gasteiger partial charge on any atom is -0.489 e. The Hall–Kier alpha value is -5.23. The van der Waals surface area contributed by atoms with Gasteiger partial charge >= 0.3 is 0 Å². The fourth-order valence-corrected chi connectivity index (χ4v) is 3.26. The average molecular weight is 550 g/mol. The summed E-state index contributed by atoms with van der Waals surface area (Å²) < 4.78 is 11.6. The van der Waals surface area contributed by atoms with Gasteiger partial charge in [-0.15, -0.1) is 6.58 Å². The normalized spacial score (nSPS) is 10.4. The number of rotatable bonds is 9. The number of ether oxygens (including phenoxy) is 2. The zero-order chi connectivity index (χ0) is 29.9. The number of likely N-dealkylation sites (N-methyl/N-ethyl adjacent to an activating group) is 1. The number of hydrogen-bond donors (Lipinski definition) is 3. The van der Waals surface area contributed by atoms with Crippen molar-refractivity contribution in [2.45, 2.75) is 0 Å². The summed E-state index contributed by atoms with van der Waals surface area (Å²) in [6, 6.07) is 12.3. The third-order valence-corrected chi connectivity index (χ3v) is 4.88. The minimum atomic E-state index is -0.381. The van der Waals surface area contributed by atoms with Crippen LogP contribution in [-0.4, -0.2) is 73.4 Å². The Labute approximate surface area is 233 Å². The summed E-state index contributed by atoms with van der Waals surface area (Å²) >= 11 is 0. The smallest absolute Gasteiger partial charge is 0.291 e. The van der Waals surface area contributed by atoms with Gasteiger partial charge in [-0.3, -0.25) is 23.9 Å². The molecule has 0 fully saturated rings. The van der Waals surface area contributed by atoms with Crippen LogP contribution in [0.5, 0.6) is 5.75 Å². The van der Waals surface area contributed by atoms with E-state index < -0.39 is 0 Å². The summed E-state index contributed by atoms with van der Waals surface area (Å²) in [6.45, 7) is 8.09. The Morgan fingerprint density at radius 3 is 2.27 bits per heavy atom. The lowest BCUT2D eigenvalue weighted by Crippen LogP contribution is -2.34. The minimum absolute atomic E-state index is 0.202. The lowest BCUT2D eigenvalue weighted by atomic mass is 10.2. The second-order valence-corrected chi connectivity index (χ2v) is 7.57. The number of aromatic nitrogens is 2. The third-order valence-electron chi connectivity index (χ3n) is 4.88. The highest BCUT2D eigenvalue weighted by Gasteiger charge is 2.16. The first-order valence-corrected chi connectivity index (χ1v) is 11.8. The molecule has 2 aromatic carbocycles. The molecule has 0 saturated heterocycles. The Kier molecular flexibility index (Phi) is 14.8. The zero-order valence-corrected chi connectivity index (χ0v) is 22.8. The highest BCUT2D eigenvalue weighted by molar-refractivity contribution is 6.42.